The fourth-order valence-corrected chi connectivity index (χ4v) is 0.864. The van der Waals surface area contributed by atoms with E-state index in [0.717, 1.165) is 0 Å². The van der Waals surface area contributed by atoms with Gasteiger partial charge in [0, 0.05) is 12.6 Å². The Morgan fingerprint density at radius 1 is 1.80 bits per heavy atom. The lowest BCUT2D eigenvalue weighted by Crippen LogP contribution is -2.34. The highest BCUT2D eigenvalue weighted by Gasteiger charge is 2.06. The number of aryl methyl sites for hydroxylation is 1. The highest BCUT2D eigenvalue weighted by Crippen LogP contribution is 2.08. The number of hydrogen-bond donors (Lipinski definition) is 2. The fourth-order valence-electron chi connectivity index (χ4n) is 0.864. The van der Waals surface area contributed by atoms with Gasteiger partial charge in [0.15, 0.2) is 6.61 Å². The molecule has 0 aliphatic heterocycles. The van der Waals surface area contributed by atoms with Gasteiger partial charge in [0.25, 0.3) is 11.8 Å². The van der Waals surface area contributed by atoms with Crippen LogP contribution in [-0.2, 0) is 4.79 Å². The van der Waals surface area contributed by atoms with Gasteiger partial charge in [-0.1, -0.05) is 0 Å². The third-order valence-corrected chi connectivity index (χ3v) is 1.55. The van der Waals surface area contributed by atoms with E-state index >= 15 is 0 Å². The van der Waals surface area contributed by atoms with Gasteiger partial charge in [0.05, 0.1) is 6.10 Å². The lowest BCUT2D eigenvalue weighted by Gasteiger charge is -2.06. The van der Waals surface area contributed by atoms with E-state index in [1.165, 1.54) is 0 Å². The van der Waals surface area contributed by atoms with Crippen LogP contribution < -0.4 is 10.1 Å². The smallest absolute Gasteiger partial charge is 0.258 e. The number of carbonyl (C=O) groups is 1. The van der Waals surface area contributed by atoms with Crippen molar-refractivity contribution in [2.75, 3.05) is 13.2 Å². The van der Waals surface area contributed by atoms with Crippen molar-refractivity contribution < 1.29 is 19.2 Å². The second-order valence-electron chi connectivity index (χ2n) is 3.22. The van der Waals surface area contributed by atoms with Crippen molar-refractivity contribution >= 4 is 5.91 Å². The van der Waals surface area contributed by atoms with Crippen molar-refractivity contribution in [2.24, 2.45) is 0 Å². The second-order valence-corrected chi connectivity index (χ2v) is 3.22. The first-order valence-electron chi connectivity index (χ1n) is 4.59. The highest BCUT2D eigenvalue weighted by atomic mass is 16.5. The maximum atomic E-state index is 11.1. The summed E-state index contributed by atoms with van der Waals surface area (Å²) in [6.07, 6.45) is -0.566. The zero-order chi connectivity index (χ0) is 11.3. The molecule has 6 nitrogen and oxygen atoms in total. The molecule has 0 saturated heterocycles. The zero-order valence-corrected chi connectivity index (χ0v) is 8.69. The molecular weight excluding hydrogens is 200 g/mol. The van der Waals surface area contributed by atoms with E-state index < -0.39 is 6.10 Å². The van der Waals surface area contributed by atoms with Crippen LogP contribution in [0.4, 0.5) is 0 Å². The van der Waals surface area contributed by atoms with E-state index in [1.807, 2.05) is 0 Å². The van der Waals surface area contributed by atoms with Gasteiger partial charge in [0.2, 0.25) is 0 Å². The average Bonchev–Trinajstić information content (AvgIpc) is 2.58. The molecule has 2 N–H and O–H groups in total. The number of aliphatic hydroxyl groups excluding tert-OH is 1. The fraction of sp³-hybridized carbons (Fsp3) is 0.556. The molecule has 6 heteroatoms. The number of amides is 1. The molecule has 84 valence electrons. The van der Waals surface area contributed by atoms with Crippen molar-refractivity contribution in [1.82, 2.24) is 10.5 Å². The SMILES string of the molecule is Cc1cc(OCC(=O)NC[C@H](C)O)no1. The molecule has 1 aromatic rings. The summed E-state index contributed by atoms with van der Waals surface area (Å²) in [5, 5.41) is 15.0. The molecule has 0 fully saturated rings. The minimum absolute atomic E-state index is 0.140. The summed E-state index contributed by atoms with van der Waals surface area (Å²) in [6.45, 7) is 3.38. The van der Waals surface area contributed by atoms with Crippen LogP contribution in [0, 0.1) is 6.92 Å². The van der Waals surface area contributed by atoms with Crippen LogP contribution in [0.5, 0.6) is 5.88 Å². The Morgan fingerprint density at radius 3 is 3.07 bits per heavy atom. The van der Waals surface area contributed by atoms with Gasteiger partial charge < -0.3 is 19.7 Å². The van der Waals surface area contributed by atoms with E-state index in [9.17, 15) is 4.79 Å². The predicted molar refractivity (Wildman–Crippen MR) is 51.4 cm³/mol. The largest absolute Gasteiger partial charge is 0.465 e. The molecule has 0 aliphatic carbocycles. The standard InChI is InChI=1S/C9H14N2O4/c1-6(12)4-10-8(13)5-14-9-3-7(2)15-11-9/h3,6,12H,4-5H2,1-2H3,(H,10,13)/t6-/m0/s1. The van der Waals surface area contributed by atoms with Crippen molar-refractivity contribution in [3.05, 3.63) is 11.8 Å². The van der Waals surface area contributed by atoms with Crippen LogP contribution in [0.1, 0.15) is 12.7 Å². The second kappa shape index (κ2) is 5.35. The average molecular weight is 214 g/mol. The number of nitrogens with one attached hydrogen (secondary N) is 1. The number of ether oxygens (including phenoxy) is 1. The molecule has 0 bridgehead atoms. The van der Waals surface area contributed by atoms with Crippen LogP contribution in [0.3, 0.4) is 0 Å². The quantitative estimate of drug-likeness (QED) is 0.712. The van der Waals surface area contributed by atoms with E-state index in [1.54, 1.807) is 19.9 Å². The Bertz CT molecular complexity index is 322. The number of carbonyl (C=O) groups excluding carboxylic acids is 1. The van der Waals surface area contributed by atoms with Gasteiger partial charge >= 0.3 is 0 Å². The van der Waals surface area contributed by atoms with Crippen molar-refractivity contribution in [3.63, 3.8) is 0 Å². The Kier molecular flexibility index (Phi) is 4.11. The Balaban J connectivity index is 2.22. The maximum Gasteiger partial charge on any atom is 0.258 e. The summed E-state index contributed by atoms with van der Waals surface area (Å²) in [5.41, 5.74) is 0. The van der Waals surface area contributed by atoms with Crippen molar-refractivity contribution in [2.45, 2.75) is 20.0 Å². The number of nitrogens with zero attached hydrogens (tertiary/aromatic N) is 1. The maximum absolute atomic E-state index is 11.1. The van der Waals surface area contributed by atoms with Crippen LogP contribution in [0.15, 0.2) is 10.6 Å². The Labute approximate surface area is 87.2 Å². The van der Waals surface area contributed by atoms with E-state index in [-0.39, 0.29) is 24.9 Å². The molecule has 1 amide bonds. The van der Waals surface area contributed by atoms with E-state index in [2.05, 4.69) is 10.5 Å². The number of aromatic nitrogens is 1. The van der Waals surface area contributed by atoms with Gasteiger partial charge in [-0.15, -0.1) is 0 Å². The molecule has 1 rings (SSSR count). The summed E-state index contributed by atoms with van der Waals surface area (Å²) in [5.74, 6) is 0.589. The molecular formula is C9H14N2O4. The minimum atomic E-state index is -0.566. The van der Waals surface area contributed by atoms with Crippen LogP contribution in [0.2, 0.25) is 0 Å². The third kappa shape index (κ3) is 4.46. The Hall–Kier alpha value is -1.56. The molecule has 0 radical (unpaired) electrons. The summed E-state index contributed by atoms with van der Waals surface area (Å²) in [6, 6.07) is 1.59. The molecule has 1 heterocycles. The van der Waals surface area contributed by atoms with Gasteiger partial charge in [-0.3, -0.25) is 4.79 Å². The molecule has 0 unspecified atom stereocenters. The zero-order valence-electron chi connectivity index (χ0n) is 8.69. The molecule has 1 atom stereocenters. The Morgan fingerprint density at radius 2 is 2.53 bits per heavy atom. The summed E-state index contributed by atoms with van der Waals surface area (Å²) in [7, 11) is 0. The van der Waals surface area contributed by atoms with Gasteiger partial charge in [0.1, 0.15) is 5.76 Å². The molecule has 0 aromatic carbocycles. The van der Waals surface area contributed by atoms with E-state index in [4.69, 9.17) is 14.4 Å². The lowest BCUT2D eigenvalue weighted by atomic mass is 10.4. The van der Waals surface area contributed by atoms with Crippen LogP contribution in [0.25, 0.3) is 0 Å². The number of rotatable bonds is 5. The normalized spacial score (nSPS) is 12.2. The highest BCUT2D eigenvalue weighted by molar-refractivity contribution is 5.77. The lowest BCUT2D eigenvalue weighted by molar-refractivity contribution is -0.123. The first-order valence-corrected chi connectivity index (χ1v) is 4.59. The van der Waals surface area contributed by atoms with Crippen molar-refractivity contribution in [1.29, 1.82) is 0 Å². The molecule has 1 aromatic heterocycles. The number of hydrogen-bond acceptors (Lipinski definition) is 5. The third-order valence-electron chi connectivity index (χ3n) is 1.55. The minimum Gasteiger partial charge on any atom is -0.465 e. The molecule has 15 heavy (non-hydrogen) atoms. The first-order chi connectivity index (χ1) is 7.08. The summed E-state index contributed by atoms with van der Waals surface area (Å²) >= 11 is 0. The van der Waals surface area contributed by atoms with Crippen LogP contribution >= 0.6 is 0 Å². The van der Waals surface area contributed by atoms with Crippen molar-refractivity contribution in [3.8, 4) is 5.88 Å². The monoisotopic (exact) mass is 214 g/mol. The van der Waals surface area contributed by atoms with Gasteiger partial charge in [-0.2, -0.15) is 0 Å². The molecule has 0 spiro atoms. The summed E-state index contributed by atoms with van der Waals surface area (Å²) < 4.78 is 9.77. The topological polar surface area (TPSA) is 84.6 Å². The predicted octanol–water partition coefficient (Wildman–Crippen LogP) is -0.141. The summed E-state index contributed by atoms with van der Waals surface area (Å²) in [4.78, 5) is 11.1. The first kappa shape index (κ1) is 11.5. The molecule has 0 aliphatic rings. The number of aliphatic hydroxyl groups is 1. The van der Waals surface area contributed by atoms with Crippen LogP contribution in [-0.4, -0.2) is 35.4 Å². The van der Waals surface area contributed by atoms with Gasteiger partial charge in [-0.05, 0) is 19.0 Å². The molecule has 0 saturated carbocycles. The van der Waals surface area contributed by atoms with E-state index in [0.29, 0.717) is 5.76 Å². The van der Waals surface area contributed by atoms with Gasteiger partial charge in [-0.25, -0.2) is 0 Å².